The minimum absolute atomic E-state index is 0.000455. The van der Waals surface area contributed by atoms with Crippen LogP contribution < -0.4 is 9.64 Å². The van der Waals surface area contributed by atoms with Crippen LogP contribution in [0.3, 0.4) is 0 Å². The first-order valence-corrected chi connectivity index (χ1v) is 12.8. The maximum atomic E-state index is 13.1. The van der Waals surface area contributed by atoms with Crippen molar-refractivity contribution in [3.05, 3.63) is 64.5 Å². The predicted molar refractivity (Wildman–Crippen MR) is 134 cm³/mol. The maximum absolute atomic E-state index is 13.1. The predicted octanol–water partition coefficient (Wildman–Crippen LogP) is 4.92. The summed E-state index contributed by atoms with van der Waals surface area (Å²) in [6.07, 6.45) is 4.52. The molecule has 1 saturated heterocycles. The van der Waals surface area contributed by atoms with Gasteiger partial charge in [0.1, 0.15) is 12.3 Å². The van der Waals surface area contributed by atoms with Gasteiger partial charge in [0.25, 0.3) is 5.91 Å². The number of rotatable bonds is 5. The topological polar surface area (TPSA) is 62.7 Å². The lowest BCUT2D eigenvalue weighted by atomic mass is 10.1. The number of amides is 2. The molecule has 1 aromatic heterocycles. The number of likely N-dealkylation sites (tertiary alicyclic amines) is 1. The zero-order valence-electron chi connectivity index (χ0n) is 19.4. The summed E-state index contributed by atoms with van der Waals surface area (Å²) in [5.41, 5.74) is 3.64. The summed E-state index contributed by atoms with van der Waals surface area (Å²) in [6, 6.07) is 16.1. The Hall–Kier alpha value is -3.19. The fraction of sp³-hybridized carbons (Fsp3) is 0.370. The number of anilines is 1. The normalized spacial score (nSPS) is 18.3. The van der Waals surface area contributed by atoms with Gasteiger partial charge in [0.2, 0.25) is 5.91 Å². The van der Waals surface area contributed by atoms with Crippen molar-refractivity contribution in [2.24, 2.45) is 0 Å². The second kappa shape index (κ2) is 9.97. The molecule has 0 radical (unpaired) electrons. The molecule has 3 aromatic rings. The van der Waals surface area contributed by atoms with E-state index in [0.29, 0.717) is 11.4 Å². The van der Waals surface area contributed by atoms with Crippen LogP contribution in [0.5, 0.6) is 5.75 Å². The van der Waals surface area contributed by atoms with Gasteiger partial charge >= 0.3 is 0 Å². The fourth-order valence-corrected chi connectivity index (χ4v) is 5.42. The van der Waals surface area contributed by atoms with Crippen LogP contribution in [0.4, 0.5) is 5.69 Å². The van der Waals surface area contributed by atoms with Crippen LogP contribution in [-0.2, 0) is 16.0 Å². The Bertz CT molecular complexity index is 1170. The molecule has 0 bridgehead atoms. The highest BCUT2D eigenvalue weighted by Gasteiger charge is 2.34. The Morgan fingerprint density at radius 3 is 2.62 bits per heavy atom. The van der Waals surface area contributed by atoms with Crippen LogP contribution in [0.1, 0.15) is 43.2 Å². The molecule has 176 valence electrons. The Morgan fingerprint density at radius 2 is 1.85 bits per heavy atom. The van der Waals surface area contributed by atoms with Crippen LogP contribution in [0.2, 0.25) is 0 Å². The molecule has 1 atom stereocenters. The van der Waals surface area contributed by atoms with Crippen molar-refractivity contribution in [2.75, 3.05) is 24.5 Å². The summed E-state index contributed by atoms with van der Waals surface area (Å²) in [7, 11) is 0. The van der Waals surface area contributed by atoms with Gasteiger partial charge in [-0.2, -0.15) is 0 Å². The average molecular weight is 476 g/mol. The maximum Gasteiger partial charge on any atom is 0.268 e. The summed E-state index contributed by atoms with van der Waals surface area (Å²) in [5.74, 6) is 0.439. The number of hydrogen-bond donors (Lipinski definition) is 0. The lowest BCUT2D eigenvalue weighted by molar-refractivity contribution is -0.133. The number of ether oxygens (including phenoxy) is 1. The van der Waals surface area contributed by atoms with E-state index in [1.165, 1.54) is 5.56 Å². The van der Waals surface area contributed by atoms with Crippen LogP contribution in [-0.4, -0.2) is 47.4 Å². The molecule has 3 heterocycles. The molecule has 7 heteroatoms. The Labute approximate surface area is 204 Å². The first kappa shape index (κ1) is 22.6. The Kier molecular flexibility index (Phi) is 6.63. The first-order valence-electron chi connectivity index (χ1n) is 12.0. The molecule has 2 aromatic carbocycles. The highest BCUT2D eigenvalue weighted by molar-refractivity contribution is 7.10. The number of carbonyl (C=O) groups excluding carboxylic acids is 2. The van der Waals surface area contributed by atoms with Crippen molar-refractivity contribution < 1.29 is 14.3 Å². The van der Waals surface area contributed by atoms with Gasteiger partial charge in [-0.05, 0) is 43.5 Å². The van der Waals surface area contributed by atoms with Gasteiger partial charge in [-0.3, -0.25) is 14.5 Å². The van der Waals surface area contributed by atoms with Gasteiger partial charge in [-0.25, -0.2) is 4.98 Å². The Morgan fingerprint density at radius 1 is 1.09 bits per heavy atom. The first-order chi connectivity index (χ1) is 16.6. The van der Waals surface area contributed by atoms with E-state index >= 15 is 0 Å². The van der Waals surface area contributed by atoms with Gasteiger partial charge < -0.3 is 9.64 Å². The van der Waals surface area contributed by atoms with Crippen LogP contribution in [0, 0.1) is 0 Å². The highest BCUT2D eigenvalue weighted by Crippen LogP contribution is 2.38. The minimum Gasteiger partial charge on any atom is -0.479 e. The number of fused-ring (bicyclic) bond motifs is 1. The summed E-state index contributed by atoms with van der Waals surface area (Å²) in [4.78, 5) is 34.5. The van der Waals surface area contributed by atoms with Crippen molar-refractivity contribution in [3.63, 3.8) is 0 Å². The van der Waals surface area contributed by atoms with E-state index in [4.69, 9.17) is 9.72 Å². The lowest BCUT2D eigenvalue weighted by Crippen LogP contribution is -2.49. The summed E-state index contributed by atoms with van der Waals surface area (Å²) < 4.78 is 5.86. The van der Waals surface area contributed by atoms with Gasteiger partial charge in [0, 0.05) is 30.5 Å². The van der Waals surface area contributed by atoms with Gasteiger partial charge in [0.15, 0.2) is 6.10 Å². The largest absolute Gasteiger partial charge is 0.479 e. The molecule has 34 heavy (non-hydrogen) atoms. The van der Waals surface area contributed by atoms with Crippen molar-refractivity contribution in [1.82, 2.24) is 9.88 Å². The molecule has 1 fully saturated rings. The number of benzene rings is 2. The molecule has 0 aliphatic carbocycles. The molecule has 6 nitrogen and oxygen atoms in total. The summed E-state index contributed by atoms with van der Waals surface area (Å²) in [6.45, 7) is 3.31. The van der Waals surface area contributed by atoms with Crippen molar-refractivity contribution in [1.29, 1.82) is 0 Å². The number of carbonyl (C=O) groups is 2. The van der Waals surface area contributed by atoms with E-state index in [-0.39, 0.29) is 18.4 Å². The molecule has 2 aliphatic rings. The molecule has 0 N–H and O–H groups in total. The third-order valence-corrected chi connectivity index (χ3v) is 7.31. The number of hydrogen-bond acceptors (Lipinski definition) is 5. The van der Waals surface area contributed by atoms with E-state index in [0.717, 1.165) is 61.5 Å². The molecule has 2 aliphatic heterocycles. The number of nitrogens with zero attached hydrogens (tertiary/aromatic N) is 3. The molecule has 0 spiro atoms. The van der Waals surface area contributed by atoms with Crippen molar-refractivity contribution in [3.8, 4) is 17.0 Å². The quantitative estimate of drug-likeness (QED) is 0.526. The van der Waals surface area contributed by atoms with Gasteiger partial charge in [-0.15, -0.1) is 11.3 Å². The standard InChI is InChI=1S/C27H29N3O3S/c1-19-27(32)30(17-26(31)29-13-7-2-3-8-14-29)23-16-21(11-12-24(23)33-19)22-18-34-25(28-22)15-20-9-5-4-6-10-20/h4-6,9-12,16,18-19H,2-3,7-8,13-15,17H2,1H3. The molecule has 0 saturated carbocycles. The SMILES string of the molecule is CC1Oc2ccc(-c3csc(Cc4ccccc4)n3)cc2N(CC(=O)N2CCCCCC2)C1=O. The third-order valence-electron chi connectivity index (χ3n) is 6.47. The van der Waals surface area contributed by atoms with E-state index < -0.39 is 6.10 Å². The van der Waals surface area contributed by atoms with Gasteiger partial charge in [0.05, 0.1) is 16.4 Å². The highest BCUT2D eigenvalue weighted by atomic mass is 32.1. The molecule has 5 rings (SSSR count). The zero-order valence-corrected chi connectivity index (χ0v) is 20.2. The zero-order chi connectivity index (χ0) is 23.5. The minimum atomic E-state index is -0.618. The number of thiazole rings is 1. The van der Waals surface area contributed by atoms with Crippen LogP contribution >= 0.6 is 11.3 Å². The number of aromatic nitrogens is 1. The fourth-order valence-electron chi connectivity index (χ4n) is 4.58. The molecule has 2 amide bonds. The lowest BCUT2D eigenvalue weighted by Gasteiger charge is -2.34. The molecule has 1 unspecified atom stereocenters. The third kappa shape index (κ3) is 4.85. The van der Waals surface area contributed by atoms with Gasteiger partial charge in [-0.1, -0.05) is 43.2 Å². The van der Waals surface area contributed by atoms with E-state index in [1.54, 1.807) is 23.2 Å². The van der Waals surface area contributed by atoms with E-state index in [9.17, 15) is 9.59 Å². The Balaban J connectivity index is 1.39. The van der Waals surface area contributed by atoms with Crippen molar-refractivity contribution >= 4 is 28.8 Å². The van der Waals surface area contributed by atoms with E-state index in [2.05, 4.69) is 12.1 Å². The van der Waals surface area contributed by atoms with Crippen LogP contribution in [0.15, 0.2) is 53.9 Å². The van der Waals surface area contributed by atoms with E-state index in [1.807, 2.05) is 46.7 Å². The summed E-state index contributed by atoms with van der Waals surface area (Å²) >= 11 is 1.63. The second-order valence-electron chi connectivity index (χ2n) is 8.95. The summed E-state index contributed by atoms with van der Waals surface area (Å²) in [5, 5.41) is 3.08. The molecular formula is C27H29N3O3S. The monoisotopic (exact) mass is 475 g/mol. The smallest absolute Gasteiger partial charge is 0.268 e. The van der Waals surface area contributed by atoms with Crippen molar-refractivity contribution in [2.45, 2.75) is 45.1 Å². The molecular weight excluding hydrogens is 446 g/mol. The van der Waals surface area contributed by atoms with Crippen LogP contribution in [0.25, 0.3) is 11.3 Å². The second-order valence-corrected chi connectivity index (χ2v) is 9.89. The average Bonchev–Trinajstić information content (AvgIpc) is 3.14.